The minimum atomic E-state index is -0.419. The first kappa shape index (κ1) is 17.4. The fourth-order valence-corrected chi connectivity index (χ4v) is 2.59. The van der Waals surface area contributed by atoms with Crippen molar-refractivity contribution in [3.05, 3.63) is 64.3 Å². The molecule has 8 heteroatoms. The van der Waals surface area contributed by atoms with Crippen LogP contribution in [0, 0.1) is 6.92 Å². The van der Waals surface area contributed by atoms with E-state index < -0.39 is 11.9 Å². The van der Waals surface area contributed by atoms with Crippen LogP contribution in [0.5, 0.6) is 0 Å². The average Bonchev–Trinajstić information content (AvgIpc) is 3.11. The second-order valence-electron chi connectivity index (χ2n) is 5.62. The topological polar surface area (TPSA) is 94.7 Å². The minimum Gasteiger partial charge on any atom is -0.462 e. The van der Waals surface area contributed by atoms with Gasteiger partial charge in [0.2, 0.25) is 5.91 Å². The molecule has 1 amide bonds. The lowest BCUT2D eigenvalue weighted by atomic mass is 10.2. The molecular weight excluding hydrogens is 336 g/mol. The van der Waals surface area contributed by atoms with E-state index in [9.17, 15) is 14.4 Å². The van der Waals surface area contributed by atoms with Gasteiger partial charge in [-0.15, -0.1) is 0 Å². The lowest BCUT2D eigenvalue weighted by Gasteiger charge is -2.09. The summed E-state index contributed by atoms with van der Waals surface area (Å²) in [5.74, 6) is -0.202. The van der Waals surface area contributed by atoms with Crippen LogP contribution >= 0.6 is 0 Å². The fourth-order valence-electron chi connectivity index (χ4n) is 2.59. The maximum Gasteiger partial charge on any atom is 0.338 e. The van der Waals surface area contributed by atoms with Gasteiger partial charge in [0, 0.05) is 11.9 Å². The van der Waals surface area contributed by atoms with Crippen LogP contribution in [0.25, 0.3) is 5.52 Å². The summed E-state index contributed by atoms with van der Waals surface area (Å²) in [5, 5.41) is 6.84. The molecule has 134 valence electrons. The largest absolute Gasteiger partial charge is 0.462 e. The molecule has 1 N–H and O–H groups in total. The zero-order valence-electron chi connectivity index (χ0n) is 14.4. The summed E-state index contributed by atoms with van der Waals surface area (Å²) >= 11 is 0. The summed E-state index contributed by atoms with van der Waals surface area (Å²) in [6.07, 6.45) is 1.74. The predicted molar refractivity (Wildman–Crippen MR) is 95.2 cm³/mol. The van der Waals surface area contributed by atoms with Crippen molar-refractivity contribution in [1.29, 1.82) is 0 Å². The number of anilines is 1. The Balaban J connectivity index is 1.72. The second-order valence-corrected chi connectivity index (χ2v) is 5.62. The van der Waals surface area contributed by atoms with Crippen molar-refractivity contribution in [1.82, 2.24) is 14.2 Å². The first-order valence-electron chi connectivity index (χ1n) is 8.11. The molecule has 3 aromatic rings. The number of hydrogen-bond acceptors (Lipinski definition) is 5. The molecule has 0 aliphatic heterocycles. The molecule has 0 aliphatic carbocycles. The first-order chi connectivity index (χ1) is 12.5. The number of esters is 1. The van der Waals surface area contributed by atoms with Gasteiger partial charge >= 0.3 is 5.97 Å². The van der Waals surface area contributed by atoms with E-state index in [0.717, 1.165) is 4.68 Å². The number of fused-ring (bicyclic) bond motifs is 1. The zero-order chi connectivity index (χ0) is 18.7. The normalized spacial score (nSPS) is 10.7. The van der Waals surface area contributed by atoms with Crippen molar-refractivity contribution in [2.75, 3.05) is 11.9 Å². The highest BCUT2D eigenvalue weighted by Gasteiger charge is 2.12. The Bertz CT molecular complexity index is 1020. The van der Waals surface area contributed by atoms with Gasteiger partial charge < -0.3 is 10.1 Å². The molecule has 0 fully saturated rings. The maximum absolute atomic E-state index is 12.4. The number of ether oxygens (including phenoxy) is 1. The molecular formula is C18H18N4O4. The Hall–Kier alpha value is -3.42. The van der Waals surface area contributed by atoms with Crippen molar-refractivity contribution in [3.63, 3.8) is 0 Å². The van der Waals surface area contributed by atoms with Gasteiger partial charge in [0.25, 0.3) is 5.56 Å². The minimum absolute atomic E-state index is 0.207. The van der Waals surface area contributed by atoms with Crippen LogP contribution in [0.4, 0.5) is 5.69 Å². The molecule has 0 saturated carbocycles. The third-order valence-corrected chi connectivity index (χ3v) is 3.79. The first-order valence-corrected chi connectivity index (χ1v) is 8.11. The summed E-state index contributed by atoms with van der Waals surface area (Å²) < 4.78 is 7.71. The molecule has 8 nitrogen and oxygen atoms in total. The Labute approximate surface area is 149 Å². The van der Waals surface area contributed by atoms with E-state index in [4.69, 9.17) is 4.74 Å². The van der Waals surface area contributed by atoms with E-state index in [1.165, 1.54) is 0 Å². The Kier molecular flexibility index (Phi) is 4.83. The van der Waals surface area contributed by atoms with E-state index in [1.54, 1.807) is 60.8 Å². The number of benzene rings is 1. The molecule has 0 atom stereocenters. The van der Waals surface area contributed by atoms with E-state index in [2.05, 4.69) is 10.4 Å². The number of rotatable bonds is 5. The lowest BCUT2D eigenvalue weighted by Crippen LogP contribution is -2.31. The van der Waals surface area contributed by atoms with Crippen molar-refractivity contribution in [2.24, 2.45) is 0 Å². The second kappa shape index (κ2) is 7.22. The van der Waals surface area contributed by atoms with Crippen LogP contribution in [-0.4, -0.2) is 32.7 Å². The number of amides is 1. The highest BCUT2D eigenvalue weighted by atomic mass is 16.5. The zero-order valence-corrected chi connectivity index (χ0v) is 14.4. The molecule has 0 aliphatic rings. The summed E-state index contributed by atoms with van der Waals surface area (Å²) in [6.45, 7) is 3.58. The van der Waals surface area contributed by atoms with Crippen molar-refractivity contribution < 1.29 is 14.3 Å². The summed E-state index contributed by atoms with van der Waals surface area (Å²) in [6, 6.07) is 9.76. The number of aryl methyl sites for hydroxylation is 1. The highest BCUT2D eigenvalue weighted by molar-refractivity contribution is 5.93. The van der Waals surface area contributed by atoms with Crippen LogP contribution in [0.2, 0.25) is 0 Å². The molecule has 3 rings (SSSR count). The van der Waals surface area contributed by atoms with Gasteiger partial charge in [-0.25, -0.2) is 9.48 Å². The summed E-state index contributed by atoms with van der Waals surface area (Å²) in [5.41, 5.74) is 1.03. The van der Waals surface area contributed by atoms with Crippen LogP contribution in [-0.2, 0) is 16.1 Å². The Morgan fingerprint density at radius 3 is 2.62 bits per heavy atom. The standard InChI is InChI=1S/C18H18N4O4/c1-3-26-18(25)13-6-8-14(9-7-13)19-16(23)11-22-17(24)15-5-4-10-21(15)12(2)20-22/h4-10H,3,11H2,1-2H3,(H,19,23). The number of carbonyl (C=O) groups is 2. The van der Waals surface area contributed by atoms with Crippen LogP contribution in [0.15, 0.2) is 47.4 Å². The number of aromatic nitrogens is 3. The molecule has 2 heterocycles. The summed E-state index contributed by atoms with van der Waals surface area (Å²) in [7, 11) is 0. The summed E-state index contributed by atoms with van der Waals surface area (Å²) in [4.78, 5) is 36.2. The van der Waals surface area contributed by atoms with Crippen molar-refractivity contribution in [3.8, 4) is 0 Å². The van der Waals surface area contributed by atoms with E-state index in [0.29, 0.717) is 29.2 Å². The van der Waals surface area contributed by atoms with Gasteiger partial charge in [-0.3, -0.25) is 14.0 Å². The van der Waals surface area contributed by atoms with E-state index >= 15 is 0 Å². The highest BCUT2D eigenvalue weighted by Crippen LogP contribution is 2.11. The van der Waals surface area contributed by atoms with Crippen LogP contribution < -0.4 is 10.9 Å². The molecule has 26 heavy (non-hydrogen) atoms. The average molecular weight is 354 g/mol. The van der Waals surface area contributed by atoms with Gasteiger partial charge in [0.1, 0.15) is 17.9 Å². The van der Waals surface area contributed by atoms with Gasteiger partial charge in [0.05, 0.1) is 12.2 Å². The van der Waals surface area contributed by atoms with Crippen molar-refractivity contribution in [2.45, 2.75) is 20.4 Å². The monoisotopic (exact) mass is 354 g/mol. The van der Waals surface area contributed by atoms with Crippen LogP contribution in [0.3, 0.4) is 0 Å². The van der Waals surface area contributed by atoms with Crippen LogP contribution in [0.1, 0.15) is 23.1 Å². The maximum atomic E-state index is 12.4. The third kappa shape index (κ3) is 3.49. The van der Waals surface area contributed by atoms with Gasteiger partial charge in [-0.2, -0.15) is 5.10 Å². The number of nitrogens with zero attached hydrogens (tertiary/aromatic N) is 3. The number of nitrogens with one attached hydrogen (secondary N) is 1. The lowest BCUT2D eigenvalue weighted by molar-refractivity contribution is -0.117. The molecule has 0 bridgehead atoms. The Morgan fingerprint density at radius 1 is 1.19 bits per heavy atom. The number of carbonyl (C=O) groups excluding carboxylic acids is 2. The molecule has 1 aromatic carbocycles. The molecule has 0 unspecified atom stereocenters. The molecule has 0 radical (unpaired) electrons. The quantitative estimate of drug-likeness (QED) is 0.703. The van der Waals surface area contributed by atoms with Crippen molar-refractivity contribution >= 4 is 23.1 Å². The predicted octanol–water partition coefficient (Wildman–Crippen LogP) is 1.62. The third-order valence-electron chi connectivity index (χ3n) is 3.79. The van der Waals surface area contributed by atoms with E-state index in [-0.39, 0.29) is 12.1 Å². The molecule has 2 aromatic heterocycles. The Morgan fingerprint density at radius 2 is 1.92 bits per heavy atom. The smallest absolute Gasteiger partial charge is 0.338 e. The molecule has 0 spiro atoms. The van der Waals surface area contributed by atoms with Gasteiger partial charge in [0.15, 0.2) is 0 Å². The SMILES string of the molecule is CCOC(=O)c1ccc(NC(=O)Cn2nc(C)n3cccc3c2=O)cc1. The van der Waals surface area contributed by atoms with Gasteiger partial charge in [-0.1, -0.05) is 0 Å². The fraction of sp³-hybridized carbons (Fsp3) is 0.222. The van der Waals surface area contributed by atoms with Gasteiger partial charge in [-0.05, 0) is 50.2 Å². The number of hydrogen-bond donors (Lipinski definition) is 1. The van der Waals surface area contributed by atoms with E-state index in [1.807, 2.05) is 0 Å². The molecule has 0 saturated heterocycles.